The topological polar surface area (TPSA) is 47.9 Å². The van der Waals surface area contributed by atoms with E-state index in [4.69, 9.17) is 4.74 Å². The summed E-state index contributed by atoms with van der Waals surface area (Å²) in [5, 5.41) is 8.03. The van der Waals surface area contributed by atoms with Crippen molar-refractivity contribution in [3.8, 4) is 39.5 Å². The lowest BCUT2D eigenvalue weighted by atomic mass is 9.93. The summed E-state index contributed by atoms with van der Waals surface area (Å²) in [5.74, 6) is -3.03. The Morgan fingerprint density at radius 2 is 1.45 bits per heavy atom. The van der Waals surface area contributed by atoms with Gasteiger partial charge in [0.05, 0.1) is 23.9 Å². The van der Waals surface area contributed by atoms with Gasteiger partial charge in [-0.25, -0.2) is 13.2 Å². The maximum absolute atomic E-state index is 14.6. The molecule has 0 unspecified atom stereocenters. The Balaban J connectivity index is 2.14. The summed E-state index contributed by atoms with van der Waals surface area (Å²) < 4.78 is 48.1. The lowest BCUT2D eigenvalue weighted by Gasteiger charge is -2.17. The van der Waals surface area contributed by atoms with Crippen molar-refractivity contribution < 1.29 is 17.9 Å². The van der Waals surface area contributed by atoms with Gasteiger partial charge < -0.3 is 4.74 Å². The number of hydrogen-bond donors (Lipinski definition) is 0. The Morgan fingerprint density at radius 1 is 0.759 bits per heavy atom. The molecular weight excluding hydrogens is 379 g/mol. The van der Waals surface area contributed by atoms with Gasteiger partial charge in [-0.15, -0.1) is 10.2 Å². The fraction of sp³-hybridized carbons (Fsp3) is 0.0455. The molecule has 7 heteroatoms. The van der Waals surface area contributed by atoms with Crippen molar-refractivity contribution >= 4 is 0 Å². The average molecular weight is 393 g/mol. The van der Waals surface area contributed by atoms with Gasteiger partial charge in [0.1, 0.15) is 23.1 Å². The molecule has 0 aliphatic heterocycles. The van der Waals surface area contributed by atoms with Gasteiger partial charge in [0.25, 0.3) is 0 Å². The first-order valence-corrected chi connectivity index (χ1v) is 8.66. The van der Waals surface area contributed by atoms with Crippen molar-refractivity contribution in [3.63, 3.8) is 0 Å². The number of hydrogen-bond acceptors (Lipinski definition) is 4. The van der Waals surface area contributed by atoms with Gasteiger partial charge in [-0.1, -0.05) is 36.4 Å². The van der Waals surface area contributed by atoms with Crippen molar-refractivity contribution in [3.05, 3.63) is 84.3 Å². The fourth-order valence-corrected chi connectivity index (χ4v) is 3.14. The molecule has 0 aliphatic rings. The van der Waals surface area contributed by atoms with Crippen LogP contribution in [0.25, 0.3) is 33.6 Å². The lowest BCUT2D eigenvalue weighted by molar-refractivity contribution is 0.394. The summed E-state index contributed by atoms with van der Waals surface area (Å²) in [6.45, 7) is 0. The zero-order chi connectivity index (χ0) is 20.4. The van der Waals surface area contributed by atoms with Crippen LogP contribution in [-0.4, -0.2) is 22.3 Å². The standard InChI is InChI=1S/C22H14F3N3O/c1-29-22-20(17-9-5-6-10-26-17)18(13-7-3-2-4-8-13)21(27-28-22)19-15(24)11-14(23)12-16(19)25/h2-12H,1H3. The number of aromatic nitrogens is 3. The molecule has 29 heavy (non-hydrogen) atoms. The summed E-state index contributed by atoms with van der Waals surface area (Å²) in [5.41, 5.74) is 1.36. The van der Waals surface area contributed by atoms with Gasteiger partial charge in [-0.2, -0.15) is 0 Å². The van der Waals surface area contributed by atoms with Gasteiger partial charge in [0.2, 0.25) is 5.88 Å². The van der Waals surface area contributed by atoms with E-state index in [0.29, 0.717) is 34.5 Å². The Bertz CT molecular complexity index is 1150. The molecule has 0 saturated carbocycles. The zero-order valence-electron chi connectivity index (χ0n) is 15.2. The molecule has 4 aromatic rings. The van der Waals surface area contributed by atoms with E-state index in [-0.39, 0.29) is 11.6 Å². The molecule has 0 radical (unpaired) electrons. The van der Waals surface area contributed by atoms with Crippen molar-refractivity contribution in [1.29, 1.82) is 0 Å². The highest BCUT2D eigenvalue weighted by molar-refractivity contribution is 5.93. The highest BCUT2D eigenvalue weighted by Gasteiger charge is 2.26. The molecule has 0 aliphatic carbocycles. The van der Waals surface area contributed by atoms with Gasteiger partial charge in [0, 0.05) is 23.9 Å². The minimum atomic E-state index is -1.08. The summed E-state index contributed by atoms with van der Waals surface area (Å²) in [7, 11) is 1.42. The number of halogens is 3. The quantitative estimate of drug-likeness (QED) is 0.472. The molecule has 0 fully saturated rings. The van der Waals surface area contributed by atoms with E-state index in [1.54, 1.807) is 48.7 Å². The zero-order valence-corrected chi connectivity index (χ0v) is 15.2. The normalized spacial score (nSPS) is 10.8. The van der Waals surface area contributed by atoms with Crippen LogP contribution >= 0.6 is 0 Å². The summed E-state index contributed by atoms with van der Waals surface area (Å²) >= 11 is 0. The first kappa shape index (κ1) is 18.6. The minimum Gasteiger partial charge on any atom is -0.479 e. The van der Waals surface area contributed by atoms with Crippen molar-refractivity contribution in [2.75, 3.05) is 7.11 Å². The van der Waals surface area contributed by atoms with Crippen molar-refractivity contribution in [2.45, 2.75) is 0 Å². The van der Waals surface area contributed by atoms with Crippen LogP contribution in [0.1, 0.15) is 0 Å². The average Bonchev–Trinajstić information content (AvgIpc) is 2.74. The van der Waals surface area contributed by atoms with Crippen LogP contribution in [0.4, 0.5) is 13.2 Å². The van der Waals surface area contributed by atoms with Crippen LogP contribution in [0.15, 0.2) is 66.9 Å². The van der Waals surface area contributed by atoms with E-state index in [1.807, 2.05) is 6.07 Å². The lowest BCUT2D eigenvalue weighted by Crippen LogP contribution is -2.04. The van der Waals surface area contributed by atoms with Gasteiger partial charge >= 0.3 is 0 Å². The maximum atomic E-state index is 14.6. The minimum absolute atomic E-state index is 0.0762. The molecular formula is C22H14F3N3O. The van der Waals surface area contributed by atoms with Gasteiger partial charge in [-0.3, -0.25) is 4.98 Å². The summed E-state index contributed by atoms with van der Waals surface area (Å²) in [6.07, 6.45) is 1.59. The van der Waals surface area contributed by atoms with Crippen molar-refractivity contribution in [2.24, 2.45) is 0 Å². The van der Waals surface area contributed by atoms with Gasteiger partial charge in [-0.05, 0) is 17.7 Å². The number of ether oxygens (including phenoxy) is 1. The third-order valence-electron chi connectivity index (χ3n) is 4.36. The van der Waals surface area contributed by atoms with Crippen LogP contribution in [-0.2, 0) is 0 Å². The second-order valence-corrected chi connectivity index (χ2v) is 6.13. The maximum Gasteiger partial charge on any atom is 0.243 e. The Labute approximate surface area is 164 Å². The van der Waals surface area contributed by atoms with E-state index in [2.05, 4.69) is 15.2 Å². The Hall–Kier alpha value is -3.74. The predicted octanol–water partition coefficient (Wildman–Crippen LogP) is 5.30. The Kier molecular flexibility index (Phi) is 4.95. The second-order valence-electron chi connectivity index (χ2n) is 6.13. The monoisotopic (exact) mass is 393 g/mol. The van der Waals surface area contributed by atoms with E-state index in [9.17, 15) is 13.2 Å². The van der Waals surface area contributed by atoms with Crippen LogP contribution in [0.5, 0.6) is 5.88 Å². The van der Waals surface area contributed by atoms with Crippen molar-refractivity contribution in [1.82, 2.24) is 15.2 Å². The van der Waals surface area contributed by atoms with Crippen LogP contribution in [0.2, 0.25) is 0 Å². The molecule has 2 aromatic heterocycles. The SMILES string of the molecule is COc1nnc(-c2c(F)cc(F)cc2F)c(-c2ccccc2)c1-c1ccccn1. The predicted molar refractivity (Wildman–Crippen MR) is 103 cm³/mol. The number of benzene rings is 2. The van der Waals surface area contributed by atoms with E-state index in [1.165, 1.54) is 7.11 Å². The van der Waals surface area contributed by atoms with Crippen LogP contribution < -0.4 is 4.74 Å². The van der Waals surface area contributed by atoms with E-state index < -0.39 is 23.0 Å². The molecule has 0 N–H and O–H groups in total. The molecule has 4 rings (SSSR count). The largest absolute Gasteiger partial charge is 0.479 e. The van der Waals surface area contributed by atoms with Gasteiger partial charge in [0.15, 0.2) is 0 Å². The molecule has 2 aromatic carbocycles. The third-order valence-corrected chi connectivity index (χ3v) is 4.36. The number of pyridine rings is 1. The molecule has 0 amide bonds. The number of methoxy groups -OCH3 is 1. The molecule has 0 spiro atoms. The van der Waals surface area contributed by atoms with Crippen LogP contribution in [0.3, 0.4) is 0 Å². The number of rotatable bonds is 4. The summed E-state index contributed by atoms with van der Waals surface area (Å²) in [4.78, 5) is 4.34. The second kappa shape index (κ2) is 7.71. The summed E-state index contributed by atoms with van der Waals surface area (Å²) in [6, 6.07) is 15.4. The molecule has 2 heterocycles. The molecule has 144 valence electrons. The molecule has 0 atom stereocenters. The fourth-order valence-electron chi connectivity index (χ4n) is 3.14. The first-order chi connectivity index (χ1) is 14.1. The number of nitrogens with zero attached hydrogens (tertiary/aromatic N) is 3. The van der Waals surface area contributed by atoms with E-state index >= 15 is 0 Å². The van der Waals surface area contributed by atoms with Crippen LogP contribution in [0, 0.1) is 17.5 Å². The first-order valence-electron chi connectivity index (χ1n) is 8.66. The highest BCUT2D eigenvalue weighted by Crippen LogP contribution is 2.43. The van der Waals surface area contributed by atoms with E-state index in [0.717, 1.165) is 0 Å². The molecule has 4 nitrogen and oxygen atoms in total. The third kappa shape index (κ3) is 3.42. The molecule has 0 bridgehead atoms. The Morgan fingerprint density at radius 3 is 2.07 bits per heavy atom. The molecule has 0 saturated heterocycles. The smallest absolute Gasteiger partial charge is 0.243 e. The highest BCUT2D eigenvalue weighted by atomic mass is 19.1.